The summed E-state index contributed by atoms with van der Waals surface area (Å²) in [6, 6.07) is 0. The van der Waals surface area contributed by atoms with E-state index in [1.54, 1.807) is 0 Å². The van der Waals surface area contributed by atoms with Crippen LogP contribution in [-0.2, 0) is 61.2 Å². The number of rotatable bonds is 66. The maximum atomic E-state index is 14.4. The molecule has 104 heavy (non-hydrogen) atoms. The Bertz CT molecular complexity index is 2150. The topological polar surface area (TPSA) is 374 Å². The minimum atomic E-state index is -5.70. The van der Waals surface area contributed by atoms with Crippen molar-refractivity contribution >= 4 is 25.7 Å². The van der Waals surface area contributed by atoms with Crippen LogP contribution in [0.4, 0.5) is 0 Å². The normalized spacial score (nSPS) is 27.0. The summed E-state index contributed by atoms with van der Waals surface area (Å²) in [6.45, 7) is 5.84. The Balaban J connectivity index is 1.70. The molecule has 3 fully saturated rings. The Morgan fingerprint density at radius 1 is 0.365 bits per heavy atom. The van der Waals surface area contributed by atoms with Crippen LogP contribution in [-0.4, -0.2) is 204 Å². The van der Waals surface area contributed by atoms with E-state index in [2.05, 4.69) is 27.7 Å². The van der Waals surface area contributed by atoms with Gasteiger partial charge in [-0.15, -0.1) is 0 Å². The van der Waals surface area contributed by atoms with Crippen molar-refractivity contribution in [1.29, 1.82) is 0 Å². The molecule has 0 radical (unpaired) electrons. The lowest BCUT2D eigenvalue weighted by molar-refractivity contribution is -0.360. The average molecular weight is 1510 g/mol. The molecule has 19 atom stereocenters. The maximum absolute atomic E-state index is 14.4. The molecule has 2 heterocycles. The molecule has 1 aliphatic carbocycles. The number of aliphatic hydroxyl groups excluding tert-OH is 10. The zero-order valence-corrected chi connectivity index (χ0v) is 65.6. The molecule has 3 aliphatic rings. The molecule has 2 aliphatic heterocycles. The zero-order chi connectivity index (χ0) is 76.2. The molecular formula is C79H149O24P. The molecule has 0 amide bonds. The second-order valence-electron chi connectivity index (χ2n) is 30.5. The van der Waals surface area contributed by atoms with Crippen molar-refractivity contribution in [2.45, 2.75) is 453 Å². The number of carbonyl (C=O) groups excluding carboxylic acids is 3. The van der Waals surface area contributed by atoms with Gasteiger partial charge in [-0.25, -0.2) is 4.57 Å². The molecule has 2 saturated heterocycles. The molecule has 0 spiro atoms. The van der Waals surface area contributed by atoms with Crippen LogP contribution in [0.25, 0.3) is 0 Å². The number of phosphoric acid groups is 1. The Hall–Kier alpha value is -2.04. The smallest absolute Gasteiger partial charge is 0.463 e. The Morgan fingerprint density at radius 3 is 1.04 bits per heavy atom. The van der Waals surface area contributed by atoms with Crippen molar-refractivity contribution in [1.82, 2.24) is 0 Å². The van der Waals surface area contributed by atoms with Crippen LogP contribution in [0.2, 0.25) is 0 Å². The van der Waals surface area contributed by atoms with E-state index in [0.717, 1.165) is 89.9 Å². The van der Waals surface area contributed by atoms with Gasteiger partial charge in [0.05, 0.1) is 13.2 Å². The molecule has 3 rings (SSSR count). The van der Waals surface area contributed by atoms with E-state index in [1.165, 1.54) is 193 Å². The molecule has 19 unspecified atom stereocenters. The zero-order valence-electron chi connectivity index (χ0n) is 64.7. The number of esters is 3. The molecule has 24 nitrogen and oxygen atoms in total. The fraction of sp³-hybridized carbons (Fsp3) is 0.962. The van der Waals surface area contributed by atoms with Gasteiger partial charge in [0, 0.05) is 19.3 Å². The highest BCUT2D eigenvalue weighted by atomic mass is 31.2. The predicted octanol–water partition coefficient (Wildman–Crippen LogP) is 13.2. The minimum absolute atomic E-state index is 0.0339. The molecule has 0 aromatic rings. The highest BCUT2D eigenvalue weighted by Crippen LogP contribution is 2.49. The third-order valence-corrected chi connectivity index (χ3v) is 22.0. The maximum Gasteiger partial charge on any atom is 0.472 e. The van der Waals surface area contributed by atoms with Crippen LogP contribution in [0.15, 0.2) is 0 Å². The lowest BCUT2D eigenvalue weighted by Gasteiger charge is -2.49. The van der Waals surface area contributed by atoms with Crippen LogP contribution >= 0.6 is 7.82 Å². The van der Waals surface area contributed by atoms with E-state index >= 15 is 0 Å². The first kappa shape index (κ1) is 96.2. The molecule has 0 aromatic carbocycles. The minimum Gasteiger partial charge on any atom is -0.463 e. The summed E-state index contributed by atoms with van der Waals surface area (Å²) in [7, 11) is -5.70. The second kappa shape index (κ2) is 59.7. The largest absolute Gasteiger partial charge is 0.472 e. The lowest BCUT2D eigenvalue weighted by atomic mass is 9.84. The summed E-state index contributed by atoms with van der Waals surface area (Å²) in [5.41, 5.74) is 0. The van der Waals surface area contributed by atoms with Crippen LogP contribution in [0.3, 0.4) is 0 Å². The van der Waals surface area contributed by atoms with E-state index in [0.29, 0.717) is 25.2 Å². The Labute approximate surface area is 625 Å². The van der Waals surface area contributed by atoms with Crippen LogP contribution in [0.1, 0.15) is 349 Å². The number of ether oxygens (including phenoxy) is 7. The molecular weight excluding hydrogens is 1360 g/mol. The highest BCUT2D eigenvalue weighted by molar-refractivity contribution is 7.47. The van der Waals surface area contributed by atoms with Crippen molar-refractivity contribution < 1.29 is 117 Å². The first-order chi connectivity index (χ1) is 50.2. The third kappa shape index (κ3) is 41.8. The van der Waals surface area contributed by atoms with Crippen molar-refractivity contribution in [2.24, 2.45) is 5.92 Å². The van der Waals surface area contributed by atoms with E-state index in [1.807, 2.05) is 0 Å². The predicted molar refractivity (Wildman–Crippen MR) is 398 cm³/mol. The van der Waals surface area contributed by atoms with Gasteiger partial charge < -0.3 is 89.1 Å². The second-order valence-corrected chi connectivity index (χ2v) is 31.9. The summed E-state index contributed by atoms with van der Waals surface area (Å²) in [5, 5.41) is 110. The molecule has 25 heteroatoms. The van der Waals surface area contributed by atoms with Gasteiger partial charge in [0.15, 0.2) is 18.7 Å². The number of phosphoric ester groups is 1. The van der Waals surface area contributed by atoms with Crippen LogP contribution in [0.5, 0.6) is 0 Å². The third-order valence-electron chi connectivity index (χ3n) is 21.0. The molecule has 0 bridgehead atoms. The highest BCUT2D eigenvalue weighted by Gasteiger charge is 2.58. The van der Waals surface area contributed by atoms with E-state index in [-0.39, 0.29) is 19.3 Å². The van der Waals surface area contributed by atoms with Crippen molar-refractivity contribution in [3.8, 4) is 0 Å². The fourth-order valence-electron chi connectivity index (χ4n) is 14.2. The monoisotopic (exact) mass is 1510 g/mol. The van der Waals surface area contributed by atoms with E-state index in [9.17, 15) is 74.9 Å². The number of carbonyl (C=O) groups is 3. The summed E-state index contributed by atoms with van der Waals surface area (Å²) in [5.74, 6) is -1.29. The van der Waals surface area contributed by atoms with Gasteiger partial charge >= 0.3 is 25.7 Å². The number of aliphatic hydroxyl groups is 10. The number of hydrogen-bond acceptors (Lipinski definition) is 23. The van der Waals surface area contributed by atoms with Crippen LogP contribution < -0.4 is 0 Å². The first-order valence-corrected chi connectivity index (χ1v) is 43.2. The van der Waals surface area contributed by atoms with Gasteiger partial charge in [-0.05, 0) is 25.2 Å². The SMILES string of the molecule is CCCCCCCCCCCCCCCCCCCC(=O)OCC1OC(OC2C(O)C(O)C(O)C(OC3OC(CO)C(O)C(O)C3O)C2OP(=O)(O)OCC(COC(=O)CCCCCCCCCCCCCCCCCC)OC(=O)CCCCCCCCC(C)CCCCCCCC)C(O)C(O)C1O. The van der Waals surface area contributed by atoms with Gasteiger partial charge in [-0.3, -0.25) is 23.4 Å². The Kier molecular flexibility index (Phi) is 55.2. The van der Waals surface area contributed by atoms with Crippen LogP contribution in [0, 0.1) is 5.92 Å². The van der Waals surface area contributed by atoms with Gasteiger partial charge in [0.1, 0.15) is 98.7 Å². The standard InChI is InChI=1S/C79H149O24P/c1-5-8-11-14-17-19-21-23-25-27-29-31-33-35-37-43-48-53-64(82)96-58-62-67(85)69(87)74(92)79(100-62)102-76-72(90)70(88)71(89)75(101-78-73(91)68(86)66(84)61(55-80)99-78)77(76)103-104(93,94)97-57-60(98-65(83)54-49-44-39-38-41-46-51-59(4)50-45-40-16-13-10-7-3)56-95-63(81)52-47-42-36-34-32-30-28-26-24-22-20-18-15-12-9-6-2/h59-62,66-80,84-92H,5-58H2,1-4H3,(H,93,94). The van der Waals surface area contributed by atoms with E-state index < -0.39 is 156 Å². The Morgan fingerprint density at radius 2 is 0.673 bits per heavy atom. The van der Waals surface area contributed by atoms with Gasteiger partial charge in [-0.2, -0.15) is 0 Å². The summed E-state index contributed by atoms with van der Waals surface area (Å²) in [4.78, 5) is 51.3. The number of unbranched alkanes of at least 4 members (excludes halogenated alkanes) is 41. The van der Waals surface area contributed by atoms with Crippen molar-refractivity contribution in [3.05, 3.63) is 0 Å². The summed E-state index contributed by atoms with van der Waals surface area (Å²) in [6.07, 6.45) is 18.5. The van der Waals surface area contributed by atoms with Gasteiger partial charge in [-0.1, -0.05) is 310 Å². The summed E-state index contributed by atoms with van der Waals surface area (Å²) >= 11 is 0. The first-order valence-electron chi connectivity index (χ1n) is 41.7. The molecule has 1 saturated carbocycles. The molecule has 0 aromatic heterocycles. The summed E-state index contributed by atoms with van der Waals surface area (Å²) < 4.78 is 65.3. The molecule has 614 valence electrons. The van der Waals surface area contributed by atoms with Gasteiger partial charge in [0.2, 0.25) is 0 Å². The lowest BCUT2D eigenvalue weighted by Crippen LogP contribution is -2.69. The van der Waals surface area contributed by atoms with E-state index in [4.69, 9.17) is 42.2 Å². The fourth-order valence-corrected chi connectivity index (χ4v) is 15.1. The number of hydrogen-bond donors (Lipinski definition) is 11. The quantitative estimate of drug-likeness (QED) is 0.0117. The average Bonchev–Trinajstić information content (AvgIpc) is 0.761. The van der Waals surface area contributed by atoms with Gasteiger partial charge in [0.25, 0.3) is 0 Å². The molecule has 11 N–H and O–H groups in total. The van der Waals surface area contributed by atoms with Crippen molar-refractivity contribution in [2.75, 3.05) is 26.4 Å². The van der Waals surface area contributed by atoms with Crippen molar-refractivity contribution in [3.63, 3.8) is 0 Å².